The lowest BCUT2D eigenvalue weighted by atomic mass is 10.4. The normalized spacial score (nSPS) is 10.7. The number of hydrogen-bond donors (Lipinski definition) is 5. The van der Waals surface area contributed by atoms with Crippen molar-refractivity contribution in [1.29, 1.82) is 0 Å². The minimum Gasteiger partial charge on any atom is -0.443 e. The van der Waals surface area contributed by atoms with Crippen molar-refractivity contribution in [1.82, 2.24) is 41.6 Å². The highest BCUT2D eigenvalue weighted by Gasteiger charge is 2.10. The molecule has 57 heavy (non-hydrogen) atoms. The maximum absolute atomic E-state index is 12.0. The molecule has 0 saturated carbocycles. The van der Waals surface area contributed by atoms with E-state index in [1.807, 2.05) is 0 Å². The van der Waals surface area contributed by atoms with E-state index in [9.17, 15) is 24.0 Å². The van der Waals surface area contributed by atoms with Gasteiger partial charge in [-0.25, -0.2) is 9.48 Å². The van der Waals surface area contributed by atoms with Crippen molar-refractivity contribution in [2.75, 3.05) is 132 Å². The Morgan fingerprint density at radius 1 is 0.596 bits per heavy atom. The van der Waals surface area contributed by atoms with E-state index in [-0.39, 0.29) is 39.4 Å². The zero-order chi connectivity index (χ0) is 41.6. The Labute approximate surface area is 332 Å². The predicted octanol–water partition coefficient (Wildman–Crippen LogP) is -2.09. The van der Waals surface area contributed by atoms with E-state index < -0.39 is 36.3 Å². The minimum atomic E-state index is -0.721. The maximum atomic E-state index is 12.0. The van der Waals surface area contributed by atoms with Crippen LogP contribution < -0.4 is 26.6 Å². The van der Waals surface area contributed by atoms with Crippen molar-refractivity contribution in [3.8, 4) is 0 Å². The molecule has 1 rings (SSSR count). The molecule has 0 aromatic carbocycles. The Kier molecular flexibility index (Phi) is 31.8. The summed E-state index contributed by atoms with van der Waals surface area (Å²) in [7, 11) is 0. The molecule has 0 radical (unpaired) electrons. The Morgan fingerprint density at radius 2 is 1.04 bits per heavy atom. The number of nitrogens with zero attached hydrogens (tertiary/aromatic N) is 4. The quantitative estimate of drug-likeness (QED) is 0.0274. The number of carbonyl (C=O) groups excluding carboxylic acids is 5. The summed E-state index contributed by atoms with van der Waals surface area (Å²) in [6.45, 7) is 11.4. The number of hydrogen-bond acceptors (Lipinski definition) is 17. The van der Waals surface area contributed by atoms with Crippen LogP contribution in [-0.4, -0.2) is 182 Å². The lowest BCUT2D eigenvalue weighted by Gasteiger charge is -2.09. The van der Waals surface area contributed by atoms with Gasteiger partial charge in [0.1, 0.15) is 12.3 Å². The molecule has 5 amide bonds. The first-order chi connectivity index (χ1) is 27.7. The van der Waals surface area contributed by atoms with E-state index in [1.165, 1.54) is 0 Å². The molecule has 0 aliphatic heterocycles. The van der Waals surface area contributed by atoms with E-state index in [2.05, 4.69) is 49.0 Å². The number of aromatic nitrogens is 3. The van der Waals surface area contributed by atoms with Crippen LogP contribution in [0.15, 0.2) is 11.4 Å². The van der Waals surface area contributed by atoms with Gasteiger partial charge in [0.2, 0.25) is 17.7 Å². The van der Waals surface area contributed by atoms with Crippen molar-refractivity contribution < 1.29 is 66.7 Å². The van der Waals surface area contributed by atoms with Gasteiger partial charge in [-0.05, 0) is 20.3 Å². The van der Waals surface area contributed by atoms with Crippen LogP contribution in [0.1, 0.15) is 32.9 Å². The zero-order valence-electron chi connectivity index (χ0n) is 33.3. The second-order valence-corrected chi connectivity index (χ2v) is 11.8. The second-order valence-electron chi connectivity index (χ2n) is 11.8. The maximum Gasteiger partial charge on any atom is 0.407 e. The third-order valence-corrected chi connectivity index (χ3v) is 6.48. The average Bonchev–Trinajstić information content (AvgIpc) is 3.65. The van der Waals surface area contributed by atoms with Crippen LogP contribution in [0, 0.1) is 0 Å². The molecule has 0 aliphatic carbocycles. The number of alkyl carbamates (subject to hydrolysis) is 1. The molecule has 1 aromatic rings. The standard InChI is InChI=1S/C34H61N9O14/c1-4-8-49-10-12-51-14-16-53-18-20-55-21-19-54-17-15-52-13-11-50-9-7-43-25-29(40-42-43)26-56-34(48)36-6-5-35-30(44)22-37-31(45)23-38-32(46)24-39-33(47)27-57-41-28(2)3/h25H,4-24,26-27H2,1-3H3,(H,35,44)(H,36,48)(H,37,45)(H,38,46)(H,39,47). The number of ether oxygens (including phenoxy) is 8. The fraction of sp³-hybridized carbons (Fsp3) is 0.765. The van der Waals surface area contributed by atoms with Crippen LogP contribution in [0.25, 0.3) is 0 Å². The molecule has 23 heteroatoms. The predicted molar refractivity (Wildman–Crippen MR) is 201 cm³/mol. The number of nitrogens with one attached hydrogen (secondary N) is 5. The van der Waals surface area contributed by atoms with Gasteiger partial charge in [0.25, 0.3) is 5.91 Å². The monoisotopic (exact) mass is 819 g/mol. The topological polar surface area (TPSA) is 272 Å². The highest BCUT2D eigenvalue weighted by molar-refractivity contribution is 5.90. The minimum absolute atomic E-state index is 0.0653. The molecular formula is C34H61N9O14. The number of carbonyl (C=O) groups is 5. The third kappa shape index (κ3) is 33.3. The fourth-order valence-electron chi connectivity index (χ4n) is 3.79. The second kappa shape index (κ2) is 35.9. The molecule has 23 nitrogen and oxygen atoms in total. The summed E-state index contributed by atoms with van der Waals surface area (Å²) in [6, 6.07) is 0. The molecule has 0 atom stereocenters. The first-order valence-corrected chi connectivity index (χ1v) is 18.7. The van der Waals surface area contributed by atoms with Crippen LogP contribution in [0.2, 0.25) is 0 Å². The van der Waals surface area contributed by atoms with Crippen molar-refractivity contribution in [3.05, 3.63) is 11.9 Å². The Morgan fingerprint density at radius 3 is 1.53 bits per heavy atom. The Bertz CT molecular complexity index is 1270. The van der Waals surface area contributed by atoms with E-state index in [4.69, 9.17) is 42.7 Å². The van der Waals surface area contributed by atoms with Crippen molar-refractivity contribution in [3.63, 3.8) is 0 Å². The van der Waals surface area contributed by atoms with Gasteiger partial charge in [-0.3, -0.25) is 19.2 Å². The molecule has 1 aromatic heterocycles. The third-order valence-electron chi connectivity index (χ3n) is 6.48. The van der Waals surface area contributed by atoms with Gasteiger partial charge in [0, 0.05) is 19.7 Å². The molecule has 5 N–H and O–H groups in total. The Hall–Kier alpha value is -4.52. The van der Waals surface area contributed by atoms with Crippen LogP contribution in [0.4, 0.5) is 4.79 Å². The Balaban J connectivity index is 1.92. The SMILES string of the molecule is CCCOCCOCCOCCOCCOCCOCCOCCn1cc(COC(=O)NCCNC(=O)CNC(=O)CNC(=O)CNC(=O)CON=C(C)C)nn1. The summed E-state index contributed by atoms with van der Waals surface area (Å²) in [5, 5.41) is 23.5. The van der Waals surface area contributed by atoms with E-state index in [1.54, 1.807) is 24.7 Å². The number of amides is 5. The van der Waals surface area contributed by atoms with Gasteiger partial charge in [0.15, 0.2) is 6.61 Å². The van der Waals surface area contributed by atoms with Gasteiger partial charge in [-0.1, -0.05) is 17.3 Å². The summed E-state index contributed by atoms with van der Waals surface area (Å²) >= 11 is 0. The molecule has 1 heterocycles. The summed E-state index contributed by atoms with van der Waals surface area (Å²) in [6.07, 6.45) is 1.91. The van der Waals surface area contributed by atoms with Gasteiger partial charge in [-0.2, -0.15) is 0 Å². The van der Waals surface area contributed by atoms with E-state index in [0.717, 1.165) is 13.0 Å². The van der Waals surface area contributed by atoms with Gasteiger partial charge in [0.05, 0.1) is 124 Å². The van der Waals surface area contributed by atoms with E-state index >= 15 is 0 Å². The molecule has 0 aliphatic rings. The van der Waals surface area contributed by atoms with Crippen LogP contribution in [0.5, 0.6) is 0 Å². The number of rotatable bonds is 37. The summed E-state index contributed by atoms with van der Waals surface area (Å²) < 4.78 is 44.8. The average molecular weight is 820 g/mol. The summed E-state index contributed by atoms with van der Waals surface area (Å²) in [5.41, 5.74) is 1.06. The van der Waals surface area contributed by atoms with Gasteiger partial charge < -0.3 is 69.3 Å². The van der Waals surface area contributed by atoms with Crippen LogP contribution >= 0.6 is 0 Å². The molecule has 0 unspecified atom stereocenters. The highest BCUT2D eigenvalue weighted by atomic mass is 16.6. The molecule has 0 spiro atoms. The zero-order valence-corrected chi connectivity index (χ0v) is 33.3. The summed E-state index contributed by atoms with van der Waals surface area (Å²) in [4.78, 5) is 63.8. The largest absolute Gasteiger partial charge is 0.443 e. The van der Waals surface area contributed by atoms with Crippen LogP contribution in [-0.2, 0) is 75.1 Å². The molecule has 0 saturated heterocycles. The molecule has 0 bridgehead atoms. The van der Waals surface area contributed by atoms with E-state index in [0.29, 0.717) is 104 Å². The molecule has 326 valence electrons. The first kappa shape index (κ1) is 50.5. The van der Waals surface area contributed by atoms with Crippen molar-refractivity contribution in [2.24, 2.45) is 5.16 Å². The lowest BCUT2D eigenvalue weighted by Crippen LogP contribution is -2.45. The van der Waals surface area contributed by atoms with Crippen molar-refractivity contribution in [2.45, 2.75) is 40.3 Å². The summed E-state index contributed by atoms with van der Waals surface area (Å²) in [5.74, 6) is -2.30. The highest BCUT2D eigenvalue weighted by Crippen LogP contribution is 1.97. The smallest absolute Gasteiger partial charge is 0.407 e. The fourth-order valence-corrected chi connectivity index (χ4v) is 3.79. The molecular weight excluding hydrogens is 758 g/mol. The van der Waals surface area contributed by atoms with Crippen molar-refractivity contribution >= 4 is 35.4 Å². The lowest BCUT2D eigenvalue weighted by molar-refractivity contribution is -0.130. The first-order valence-electron chi connectivity index (χ1n) is 18.7. The molecule has 0 fully saturated rings. The number of oxime groups is 1. The van der Waals surface area contributed by atoms with Crippen LogP contribution in [0.3, 0.4) is 0 Å². The van der Waals surface area contributed by atoms with Gasteiger partial charge >= 0.3 is 6.09 Å². The van der Waals surface area contributed by atoms with Gasteiger partial charge in [-0.15, -0.1) is 5.10 Å².